The second kappa shape index (κ2) is 8.62. The maximum atomic E-state index is 13.1. The summed E-state index contributed by atoms with van der Waals surface area (Å²) in [5, 5.41) is 9.47. The molecule has 1 amide bonds. The maximum absolute atomic E-state index is 13.1. The minimum absolute atomic E-state index is 0.115. The first-order valence-corrected chi connectivity index (χ1v) is 11.1. The van der Waals surface area contributed by atoms with E-state index < -0.39 is 0 Å². The SMILES string of the molecule is O=C(Nc1cnn(Cc2ccccc2)c1)c1cc2sccc2n1CCc1ccccc1. The molecule has 3 aromatic heterocycles. The molecule has 0 bridgehead atoms. The molecule has 31 heavy (non-hydrogen) atoms. The highest BCUT2D eigenvalue weighted by Crippen LogP contribution is 2.26. The number of hydrogen-bond acceptors (Lipinski definition) is 3. The van der Waals surface area contributed by atoms with Gasteiger partial charge in [-0.15, -0.1) is 11.3 Å². The molecule has 2 aromatic carbocycles. The number of hydrogen-bond donors (Lipinski definition) is 1. The van der Waals surface area contributed by atoms with E-state index in [9.17, 15) is 4.79 Å². The van der Waals surface area contributed by atoms with Crippen LogP contribution >= 0.6 is 11.3 Å². The largest absolute Gasteiger partial charge is 0.335 e. The average molecular weight is 427 g/mol. The Morgan fingerprint density at radius 2 is 1.71 bits per heavy atom. The fraction of sp³-hybridized carbons (Fsp3) is 0.120. The van der Waals surface area contributed by atoms with Gasteiger partial charge in [0, 0.05) is 12.7 Å². The van der Waals surface area contributed by atoms with Crippen LogP contribution in [0.25, 0.3) is 10.2 Å². The molecule has 3 heterocycles. The molecular weight excluding hydrogens is 404 g/mol. The molecule has 5 rings (SSSR count). The van der Waals surface area contributed by atoms with Crippen LogP contribution in [0.1, 0.15) is 21.6 Å². The van der Waals surface area contributed by atoms with Crippen molar-refractivity contribution in [3.05, 3.63) is 107 Å². The molecule has 6 heteroatoms. The zero-order chi connectivity index (χ0) is 21.0. The first-order chi connectivity index (χ1) is 15.3. The summed E-state index contributed by atoms with van der Waals surface area (Å²) in [6.07, 6.45) is 4.43. The molecule has 5 aromatic rings. The number of aryl methyl sites for hydroxylation is 2. The third-order valence-corrected chi connectivity index (χ3v) is 6.15. The number of carbonyl (C=O) groups is 1. The predicted octanol–water partition coefficient (Wildman–Crippen LogP) is 5.44. The molecule has 154 valence electrons. The Hall–Kier alpha value is -3.64. The number of anilines is 1. The molecule has 0 saturated heterocycles. The van der Waals surface area contributed by atoms with Gasteiger partial charge < -0.3 is 9.88 Å². The summed E-state index contributed by atoms with van der Waals surface area (Å²) in [7, 11) is 0. The van der Waals surface area contributed by atoms with Crippen LogP contribution < -0.4 is 5.32 Å². The van der Waals surface area contributed by atoms with E-state index in [1.807, 2.05) is 53.3 Å². The third-order valence-electron chi connectivity index (χ3n) is 5.30. The molecule has 0 fully saturated rings. The number of rotatable bonds is 7. The number of nitrogens with one attached hydrogen (secondary N) is 1. The molecule has 0 atom stereocenters. The van der Waals surface area contributed by atoms with Crippen molar-refractivity contribution in [1.29, 1.82) is 0 Å². The lowest BCUT2D eigenvalue weighted by Crippen LogP contribution is -2.17. The predicted molar refractivity (Wildman–Crippen MR) is 126 cm³/mol. The number of benzene rings is 2. The van der Waals surface area contributed by atoms with Gasteiger partial charge in [0.2, 0.25) is 0 Å². The van der Waals surface area contributed by atoms with Crippen molar-refractivity contribution in [3.8, 4) is 0 Å². The van der Waals surface area contributed by atoms with Crippen molar-refractivity contribution in [2.24, 2.45) is 0 Å². The van der Waals surface area contributed by atoms with Crippen molar-refractivity contribution in [2.75, 3.05) is 5.32 Å². The molecule has 0 aliphatic heterocycles. The van der Waals surface area contributed by atoms with Gasteiger partial charge in [0.05, 0.1) is 28.6 Å². The Morgan fingerprint density at radius 1 is 0.968 bits per heavy atom. The number of thiophene rings is 1. The van der Waals surface area contributed by atoms with Gasteiger partial charge in [-0.1, -0.05) is 60.7 Å². The lowest BCUT2D eigenvalue weighted by Gasteiger charge is -2.10. The average Bonchev–Trinajstić information content (AvgIpc) is 3.50. The van der Waals surface area contributed by atoms with E-state index in [4.69, 9.17) is 0 Å². The van der Waals surface area contributed by atoms with E-state index in [0.717, 1.165) is 23.2 Å². The topological polar surface area (TPSA) is 51.9 Å². The van der Waals surface area contributed by atoms with Crippen LogP contribution in [0, 0.1) is 0 Å². The number of amides is 1. The van der Waals surface area contributed by atoms with Crippen molar-refractivity contribution in [3.63, 3.8) is 0 Å². The summed E-state index contributed by atoms with van der Waals surface area (Å²) in [6, 6.07) is 24.6. The van der Waals surface area contributed by atoms with Gasteiger partial charge in [0.25, 0.3) is 5.91 Å². The van der Waals surface area contributed by atoms with Crippen LogP contribution in [-0.2, 0) is 19.5 Å². The molecule has 1 N–H and O–H groups in total. The number of aromatic nitrogens is 3. The van der Waals surface area contributed by atoms with Crippen LogP contribution in [0.4, 0.5) is 5.69 Å². The summed E-state index contributed by atoms with van der Waals surface area (Å²) in [5.41, 5.74) is 4.89. The van der Waals surface area contributed by atoms with Crippen LogP contribution in [0.2, 0.25) is 0 Å². The van der Waals surface area contributed by atoms with Crippen LogP contribution in [0.15, 0.2) is 90.6 Å². The Balaban J connectivity index is 1.33. The second-order valence-corrected chi connectivity index (χ2v) is 8.40. The Morgan fingerprint density at radius 3 is 2.48 bits per heavy atom. The second-order valence-electron chi connectivity index (χ2n) is 7.45. The quantitative estimate of drug-likeness (QED) is 0.377. The fourth-order valence-corrected chi connectivity index (χ4v) is 4.59. The normalized spacial score (nSPS) is 11.1. The monoisotopic (exact) mass is 426 g/mol. The fourth-order valence-electron chi connectivity index (χ4n) is 3.77. The van der Waals surface area contributed by atoms with Gasteiger partial charge in [0.1, 0.15) is 5.69 Å². The smallest absolute Gasteiger partial charge is 0.272 e. The Bertz CT molecular complexity index is 1300. The number of carbonyl (C=O) groups excluding carboxylic acids is 1. The summed E-state index contributed by atoms with van der Waals surface area (Å²) in [4.78, 5) is 13.1. The van der Waals surface area contributed by atoms with Gasteiger partial charge in [-0.3, -0.25) is 9.48 Å². The molecule has 5 nitrogen and oxygen atoms in total. The van der Waals surface area contributed by atoms with E-state index >= 15 is 0 Å². The van der Waals surface area contributed by atoms with Crippen molar-refractivity contribution >= 4 is 33.1 Å². The van der Waals surface area contributed by atoms with Gasteiger partial charge in [-0.25, -0.2) is 0 Å². The van der Waals surface area contributed by atoms with Crippen LogP contribution in [0.5, 0.6) is 0 Å². The molecule has 0 radical (unpaired) electrons. The lowest BCUT2D eigenvalue weighted by atomic mass is 10.1. The third kappa shape index (κ3) is 4.29. The van der Waals surface area contributed by atoms with Gasteiger partial charge in [0.15, 0.2) is 0 Å². The molecule has 0 unspecified atom stereocenters. The highest BCUT2D eigenvalue weighted by atomic mass is 32.1. The van der Waals surface area contributed by atoms with E-state index in [1.54, 1.807) is 17.5 Å². The molecular formula is C25H22N4OS. The maximum Gasteiger partial charge on any atom is 0.272 e. The lowest BCUT2D eigenvalue weighted by molar-refractivity contribution is 0.101. The Labute approximate surface area is 184 Å². The Kier molecular flexibility index (Phi) is 5.37. The minimum atomic E-state index is -0.115. The van der Waals surface area contributed by atoms with E-state index in [1.165, 1.54) is 11.1 Å². The van der Waals surface area contributed by atoms with Gasteiger partial charge in [-0.2, -0.15) is 5.10 Å². The number of nitrogens with zero attached hydrogens (tertiary/aromatic N) is 3. The first-order valence-electron chi connectivity index (χ1n) is 10.2. The van der Waals surface area contributed by atoms with Crippen LogP contribution in [0.3, 0.4) is 0 Å². The summed E-state index contributed by atoms with van der Waals surface area (Å²) in [5.74, 6) is -0.115. The van der Waals surface area contributed by atoms with Crippen molar-refractivity contribution in [1.82, 2.24) is 14.3 Å². The zero-order valence-corrected chi connectivity index (χ0v) is 17.8. The summed E-state index contributed by atoms with van der Waals surface area (Å²) < 4.78 is 5.07. The van der Waals surface area contributed by atoms with Gasteiger partial charge in [-0.05, 0) is 35.1 Å². The number of fused-ring (bicyclic) bond motifs is 1. The highest BCUT2D eigenvalue weighted by Gasteiger charge is 2.17. The summed E-state index contributed by atoms with van der Waals surface area (Å²) >= 11 is 1.66. The highest BCUT2D eigenvalue weighted by molar-refractivity contribution is 7.17. The van der Waals surface area contributed by atoms with E-state index in [2.05, 4.69) is 50.7 Å². The van der Waals surface area contributed by atoms with Gasteiger partial charge >= 0.3 is 0 Å². The van der Waals surface area contributed by atoms with Crippen molar-refractivity contribution < 1.29 is 4.79 Å². The minimum Gasteiger partial charge on any atom is -0.335 e. The molecule has 0 aliphatic carbocycles. The van der Waals surface area contributed by atoms with E-state index in [-0.39, 0.29) is 5.91 Å². The standard InChI is InChI=1S/C25H22N4OS/c30-25(27-21-16-26-28(18-21)17-20-9-5-2-6-10-20)23-15-24-22(12-14-31-24)29(23)13-11-19-7-3-1-4-8-19/h1-10,12,14-16,18H,11,13,17H2,(H,27,30). The molecule has 0 saturated carbocycles. The zero-order valence-electron chi connectivity index (χ0n) is 16.9. The van der Waals surface area contributed by atoms with Crippen LogP contribution in [-0.4, -0.2) is 20.3 Å². The summed E-state index contributed by atoms with van der Waals surface area (Å²) in [6.45, 7) is 1.42. The van der Waals surface area contributed by atoms with E-state index in [0.29, 0.717) is 17.9 Å². The molecule has 0 spiro atoms. The first kappa shape index (κ1) is 19.3. The van der Waals surface area contributed by atoms with Crippen molar-refractivity contribution in [2.45, 2.75) is 19.5 Å². The molecule has 0 aliphatic rings.